The molecule has 0 radical (unpaired) electrons. The second-order valence-corrected chi connectivity index (χ2v) is 3.92. The fourth-order valence-corrected chi connectivity index (χ4v) is 1.82. The molecule has 2 aromatic carbocycles. The molecule has 2 aromatic rings. The van der Waals surface area contributed by atoms with Gasteiger partial charge < -0.3 is 12.2 Å². The topological polar surface area (TPSA) is 9.23 Å². The molecule has 0 saturated carbocycles. The van der Waals surface area contributed by atoms with Crippen LogP contribution in [0.25, 0.3) is 11.1 Å². The van der Waals surface area contributed by atoms with Crippen LogP contribution in [-0.4, -0.2) is 7.11 Å². The summed E-state index contributed by atoms with van der Waals surface area (Å²) >= 11 is 0. The van der Waals surface area contributed by atoms with Crippen LogP contribution >= 0.6 is 0 Å². The molecule has 0 saturated heterocycles. The maximum atomic E-state index is 5.26. The van der Waals surface area contributed by atoms with E-state index < -0.39 is 0 Å². The van der Waals surface area contributed by atoms with E-state index in [4.69, 9.17) is 4.74 Å². The molecule has 0 bridgehead atoms. The van der Waals surface area contributed by atoms with Gasteiger partial charge >= 0.3 is 31.1 Å². The van der Waals surface area contributed by atoms with Gasteiger partial charge in [0.05, 0.1) is 7.11 Å². The third-order valence-electron chi connectivity index (χ3n) is 2.82. The molecule has 1 nitrogen and oxygen atoms in total. The summed E-state index contributed by atoms with van der Waals surface area (Å²) in [6, 6.07) is 15.3. The summed E-state index contributed by atoms with van der Waals surface area (Å²) in [6.45, 7) is 4.23. The van der Waals surface area contributed by atoms with Crippen molar-refractivity contribution in [2.45, 2.75) is 13.8 Å². The summed E-state index contributed by atoms with van der Waals surface area (Å²) < 4.78 is 5.26. The van der Waals surface area contributed by atoms with E-state index in [9.17, 15) is 0 Å². The van der Waals surface area contributed by atoms with E-state index >= 15 is 0 Å². The Kier molecular flexibility index (Phi) is 7.37. The summed E-state index contributed by atoms with van der Waals surface area (Å²) in [5.74, 6) is 0.892. The normalized spacial score (nSPS) is 9.06. The van der Waals surface area contributed by atoms with Crippen LogP contribution in [0.2, 0.25) is 0 Å². The maximum Gasteiger partial charge on any atom is 2.00 e. The maximum absolute atomic E-state index is 5.26. The van der Waals surface area contributed by atoms with E-state index in [0.717, 1.165) is 5.75 Å². The number of benzene rings is 2. The smallest absolute Gasteiger partial charge is 0.497 e. The van der Waals surface area contributed by atoms with E-state index in [1.54, 1.807) is 7.11 Å². The Balaban J connectivity index is 0.00000144. The van der Waals surface area contributed by atoms with Gasteiger partial charge in [0.1, 0.15) is 5.75 Å². The molecule has 0 aliphatic carbocycles. The first kappa shape index (κ1) is 17.3. The van der Waals surface area contributed by atoms with Crippen LogP contribution in [0.3, 0.4) is 0 Å². The first-order chi connectivity index (χ1) is 7.72. The molecule has 0 aliphatic rings. The first-order valence-electron chi connectivity index (χ1n) is 5.34. The average molecular weight is 464 g/mol. The van der Waals surface area contributed by atoms with Gasteiger partial charge in [0, 0.05) is 0 Å². The summed E-state index contributed by atoms with van der Waals surface area (Å²) in [7, 11) is 1.69. The van der Waals surface area contributed by atoms with Gasteiger partial charge in [0.15, 0.2) is 0 Å². The molecular weight excluding hydrogens is 446 g/mol. The van der Waals surface area contributed by atoms with Crippen molar-refractivity contribution in [2.24, 2.45) is 0 Å². The number of hydrogen-bond acceptors (Lipinski definition) is 1. The Labute approximate surface area is 134 Å². The third kappa shape index (κ3) is 3.64. The molecule has 0 fully saturated rings. The van der Waals surface area contributed by atoms with Crippen molar-refractivity contribution in [3.05, 3.63) is 61.0 Å². The Morgan fingerprint density at radius 2 is 1.67 bits per heavy atom. The Hall–Kier alpha value is -0.708. The minimum atomic E-state index is 0. The summed E-state index contributed by atoms with van der Waals surface area (Å²) in [4.78, 5) is 0. The fourth-order valence-electron chi connectivity index (χ4n) is 1.82. The van der Waals surface area contributed by atoms with Gasteiger partial charge in [0.2, 0.25) is 0 Å². The van der Waals surface area contributed by atoms with Crippen LogP contribution in [0.4, 0.5) is 0 Å². The third-order valence-corrected chi connectivity index (χ3v) is 2.82. The number of rotatable bonds is 2. The first-order valence-corrected chi connectivity index (χ1v) is 5.34. The zero-order chi connectivity index (χ0) is 11.5. The van der Waals surface area contributed by atoms with E-state index in [1.165, 1.54) is 22.3 Å². The minimum absolute atomic E-state index is 0. The summed E-state index contributed by atoms with van der Waals surface area (Å²) in [5, 5.41) is 0. The van der Waals surface area contributed by atoms with Crippen molar-refractivity contribution in [1.82, 2.24) is 0 Å². The van der Waals surface area contributed by atoms with Crippen molar-refractivity contribution < 1.29 is 35.9 Å². The fraction of sp³-hybridized carbons (Fsp3) is 0.188. The SMILES string of the molecule is COc1ccc(C)c(-c2c[c-]ccc2C)c1.[CH3-].[U+2]. The Morgan fingerprint density at radius 3 is 2.28 bits per heavy atom. The summed E-state index contributed by atoms with van der Waals surface area (Å²) in [6.07, 6.45) is 0. The molecular formula is C16H18OU. The van der Waals surface area contributed by atoms with Crippen LogP contribution < -0.4 is 4.74 Å². The minimum Gasteiger partial charge on any atom is -0.497 e. The van der Waals surface area contributed by atoms with Crippen LogP contribution in [0.1, 0.15) is 11.1 Å². The second-order valence-electron chi connectivity index (χ2n) is 3.92. The quantitative estimate of drug-likeness (QED) is 0.605. The Bertz CT molecular complexity index is 506. The molecule has 0 heterocycles. The molecule has 0 unspecified atom stereocenters. The van der Waals surface area contributed by atoms with Crippen LogP contribution in [0, 0.1) is 58.5 Å². The monoisotopic (exact) mass is 464 g/mol. The van der Waals surface area contributed by atoms with Gasteiger partial charge in [-0.15, -0.1) is 5.56 Å². The Morgan fingerprint density at radius 1 is 1.00 bits per heavy atom. The van der Waals surface area contributed by atoms with Gasteiger partial charge in [-0.2, -0.15) is 29.8 Å². The van der Waals surface area contributed by atoms with E-state index in [1.807, 2.05) is 18.2 Å². The van der Waals surface area contributed by atoms with Gasteiger partial charge in [-0.3, -0.25) is 0 Å². The predicted molar refractivity (Wildman–Crippen MR) is 73.2 cm³/mol. The van der Waals surface area contributed by atoms with Gasteiger partial charge in [0.25, 0.3) is 0 Å². The molecule has 92 valence electrons. The molecule has 18 heavy (non-hydrogen) atoms. The number of hydrogen-bond donors (Lipinski definition) is 0. The zero-order valence-corrected chi connectivity index (χ0v) is 15.5. The predicted octanol–water partition coefficient (Wildman–Crippen LogP) is 4.23. The number of methoxy groups -OCH3 is 1. The molecule has 0 atom stereocenters. The molecule has 2 rings (SSSR count). The molecule has 0 aromatic heterocycles. The average Bonchev–Trinajstić information content (AvgIpc) is 2.31. The largest absolute Gasteiger partial charge is 2.00 e. The zero-order valence-electron chi connectivity index (χ0n) is 11.4. The van der Waals surface area contributed by atoms with Crippen molar-refractivity contribution in [3.63, 3.8) is 0 Å². The number of aryl methyl sites for hydroxylation is 2. The molecule has 0 aliphatic heterocycles. The van der Waals surface area contributed by atoms with E-state index in [-0.39, 0.29) is 38.5 Å². The molecule has 2 heteroatoms. The van der Waals surface area contributed by atoms with Crippen LogP contribution in [0.15, 0.2) is 36.4 Å². The second kappa shape index (κ2) is 7.67. The molecule has 0 amide bonds. The van der Waals surface area contributed by atoms with Crippen molar-refractivity contribution in [1.29, 1.82) is 0 Å². The van der Waals surface area contributed by atoms with Gasteiger partial charge in [-0.25, -0.2) is 0 Å². The summed E-state index contributed by atoms with van der Waals surface area (Å²) in [5.41, 5.74) is 4.95. The molecule has 0 spiro atoms. The van der Waals surface area contributed by atoms with Gasteiger partial charge in [-0.1, -0.05) is 24.1 Å². The van der Waals surface area contributed by atoms with Crippen LogP contribution in [0.5, 0.6) is 5.75 Å². The van der Waals surface area contributed by atoms with E-state index in [2.05, 4.69) is 38.1 Å². The molecule has 0 N–H and O–H groups in total. The number of ether oxygens (including phenoxy) is 1. The van der Waals surface area contributed by atoms with Crippen LogP contribution in [-0.2, 0) is 0 Å². The van der Waals surface area contributed by atoms with Crippen molar-refractivity contribution in [3.8, 4) is 16.9 Å². The standard InChI is InChI=1S/C15H15O.CH3.U/c1-11-6-4-5-7-14(11)15-10-13(16-3)9-8-12(15)2;;/h4,6-10H,1-3H3;1H3;/q2*-1;+2. The van der Waals surface area contributed by atoms with Gasteiger partial charge in [-0.05, 0) is 19.1 Å². The van der Waals surface area contributed by atoms with E-state index in [0.29, 0.717) is 0 Å². The van der Waals surface area contributed by atoms with Crippen molar-refractivity contribution in [2.75, 3.05) is 7.11 Å². The van der Waals surface area contributed by atoms with Crippen molar-refractivity contribution >= 4 is 0 Å².